The van der Waals surface area contributed by atoms with E-state index in [1.807, 2.05) is 0 Å². The zero-order valence-electron chi connectivity index (χ0n) is 14.9. The van der Waals surface area contributed by atoms with Crippen LogP contribution in [-0.4, -0.2) is 29.8 Å². The van der Waals surface area contributed by atoms with Crippen molar-refractivity contribution >= 4 is 34.8 Å². The number of piperidine rings is 1. The highest BCUT2D eigenvalue weighted by molar-refractivity contribution is 6.30. The minimum Gasteiger partial charge on any atom is -0.371 e. The third-order valence-electron chi connectivity index (χ3n) is 4.69. The summed E-state index contributed by atoms with van der Waals surface area (Å²) in [6, 6.07) is 10.6. The molecule has 2 heterocycles. The van der Waals surface area contributed by atoms with Crippen LogP contribution in [-0.2, 0) is 4.79 Å². The average molecular weight is 383 g/mol. The maximum absolute atomic E-state index is 12.5. The van der Waals surface area contributed by atoms with Crippen LogP contribution in [0.3, 0.4) is 0 Å². The van der Waals surface area contributed by atoms with E-state index in [2.05, 4.69) is 21.3 Å². The van der Waals surface area contributed by atoms with Crippen molar-refractivity contribution in [2.24, 2.45) is 5.92 Å². The van der Waals surface area contributed by atoms with Crippen LogP contribution in [0.5, 0.6) is 0 Å². The zero-order chi connectivity index (χ0) is 19.4. The lowest BCUT2D eigenvalue weighted by atomic mass is 9.94. The van der Waals surface area contributed by atoms with Gasteiger partial charge in [-0.2, -0.15) is 5.26 Å². The molecule has 1 aromatic carbocycles. The molecule has 138 valence electrons. The van der Waals surface area contributed by atoms with Crippen LogP contribution < -0.4 is 10.2 Å². The van der Waals surface area contributed by atoms with Crippen LogP contribution in [0.25, 0.3) is 0 Å². The standard InChI is InChI=1S/C20H19ClN4O2/c1-13(26)17-4-2-14(11-22)10-18(17)25-8-6-15(7-9-25)20(27)24-19-5-3-16(21)12-23-19/h2-5,10,12,15H,6-9H2,1H3,(H,23,24,27). The van der Waals surface area contributed by atoms with Gasteiger partial charge in [0.05, 0.1) is 16.7 Å². The summed E-state index contributed by atoms with van der Waals surface area (Å²) in [7, 11) is 0. The summed E-state index contributed by atoms with van der Waals surface area (Å²) in [6.07, 6.45) is 2.81. The van der Waals surface area contributed by atoms with Gasteiger partial charge in [-0.05, 0) is 50.1 Å². The normalized spacial score (nSPS) is 14.5. The molecule has 6 nitrogen and oxygen atoms in total. The molecule has 0 unspecified atom stereocenters. The number of hydrogen-bond acceptors (Lipinski definition) is 5. The van der Waals surface area contributed by atoms with E-state index in [-0.39, 0.29) is 17.6 Å². The molecule has 2 aromatic rings. The lowest BCUT2D eigenvalue weighted by molar-refractivity contribution is -0.120. The zero-order valence-corrected chi connectivity index (χ0v) is 15.7. The van der Waals surface area contributed by atoms with E-state index in [9.17, 15) is 9.59 Å². The molecule has 27 heavy (non-hydrogen) atoms. The van der Waals surface area contributed by atoms with Gasteiger partial charge < -0.3 is 10.2 Å². The minimum atomic E-state index is -0.126. The largest absolute Gasteiger partial charge is 0.371 e. The Bertz CT molecular complexity index is 897. The molecule has 1 aliphatic heterocycles. The molecule has 1 amide bonds. The molecular weight excluding hydrogens is 364 g/mol. The van der Waals surface area contributed by atoms with Crippen LogP contribution in [0, 0.1) is 17.2 Å². The van der Waals surface area contributed by atoms with Crippen molar-refractivity contribution in [1.29, 1.82) is 5.26 Å². The van der Waals surface area contributed by atoms with Gasteiger partial charge in [0.1, 0.15) is 5.82 Å². The fourth-order valence-electron chi connectivity index (χ4n) is 3.22. The fraction of sp³-hybridized carbons (Fsp3) is 0.300. The van der Waals surface area contributed by atoms with Crippen molar-refractivity contribution in [3.05, 3.63) is 52.7 Å². The van der Waals surface area contributed by atoms with E-state index in [0.717, 1.165) is 5.69 Å². The van der Waals surface area contributed by atoms with Crippen LogP contribution in [0.4, 0.5) is 11.5 Å². The first kappa shape index (κ1) is 18.9. The van der Waals surface area contributed by atoms with Crippen LogP contribution in [0.15, 0.2) is 36.5 Å². The molecule has 0 spiro atoms. The van der Waals surface area contributed by atoms with Crippen LogP contribution in [0.1, 0.15) is 35.7 Å². The smallest absolute Gasteiger partial charge is 0.228 e. The summed E-state index contributed by atoms with van der Waals surface area (Å²) < 4.78 is 0. The summed E-state index contributed by atoms with van der Waals surface area (Å²) in [4.78, 5) is 30.5. The number of nitrogens with zero attached hydrogens (tertiary/aromatic N) is 3. The van der Waals surface area contributed by atoms with Gasteiger partial charge in [0.25, 0.3) is 0 Å². The molecule has 0 saturated carbocycles. The minimum absolute atomic E-state index is 0.0387. The topological polar surface area (TPSA) is 86.1 Å². The van der Waals surface area contributed by atoms with E-state index in [1.54, 1.807) is 30.3 Å². The number of carbonyl (C=O) groups excluding carboxylic acids is 2. The predicted octanol–water partition coefficient (Wildman–Crippen LogP) is 3.66. The number of hydrogen-bond donors (Lipinski definition) is 1. The number of nitrogens with one attached hydrogen (secondary N) is 1. The number of pyridine rings is 1. The summed E-state index contributed by atoms with van der Waals surface area (Å²) in [5.74, 6) is 0.247. The van der Waals surface area contributed by atoms with Crippen molar-refractivity contribution in [3.63, 3.8) is 0 Å². The van der Waals surface area contributed by atoms with Gasteiger partial charge in [-0.25, -0.2) is 4.98 Å². The number of Topliss-reactive ketones (excluding diaryl/α,β-unsaturated/α-hetero) is 1. The quantitative estimate of drug-likeness (QED) is 0.815. The highest BCUT2D eigenvalue weighted by Crippen LogP contribution is 2.28. The second-order valence-corrected chi connectivity index (χ2v) is 6.95. The van der Waals surface area contributed by atoms with Crippen LogP contribution >= 0.6 is 11.6 Å². The summed E-state index contributed by atoms with van der Waals surface area (Å²) in [5, 5.41) is 12.5. The lowest BCUT2D eigenvalue weighted by Gasteiger charge is -2.34. The van der Waals surface area contributed by atoms with Crippen molar-refractivity contribution in [2.45, 2.75) is 19.8 Å². The Hall–Kier alpha value is -2.91. The fourth-order valence-corrected chi connectivity index (χ4v) is 3.33. The highest BCUT2D eigenvalue weighted by atomic mass is 35.5. The lowest BCUT2D eigenvalue weighted by Crippen LogP contribution is -2.38. The Morgan fingerprint density at radius 3 is 2.59 bits per heavy atom. The van der Waals surface area contributed by atoms with Crippen molar-refractivity contribution in [2.75, 3.05) is 23.3 Å². The first-order valence-electron chi connectivity index (χ1n) is 8.70. The molecule has 1 saturated heterocycles. The Balaban J connectivity index is 1.67. The molecule has 1 aromatic heterocycles. The molecule has 1 fully saturated rings. The van der Waals surface area contributed by atoms with Crippen molar-refractivity contribution < 1.29 is 9.59 Å². The summed E-state index contributed by atoms with van der Waals surface area (Å²) in [5.41, 5.74) is 1.88. The third kappa shape index (κ3) is 4.44. The number of nitriles is 1. The molecule has 0 radical (unpaired) electrons. The number of anilines is 2. The Morgan fingerprint density at radius 1 is 1.26 bits per heavy atom. The number of rotatable bonds is 4. The number of halogens is 1. The molecule has 0 aliphatic carbocycles. The number of carbonyl (C=O) groups is 2. The second-order valence-electron chi connectivity index (χ2n) is 6.51. The Morgan fingerprint density at radius 2 is 2.00 bits per heavy atom. The maximum atomic E-state index is 12.5. The third-order valence-corrected chi connectivity index (χ3v) is 4.91. The van der Waals surface area contributed by atoms with Gasteiger partial charge in [-0.1, -0.05) is 11.6 Å². The summed E-state index contributed by atoms with van der Waals surface area (Å²) in [6.45, 7) is 2.80. The first-order chi connectivity index (χ1) is 13.0. The Kier molecular flexibility index (Phi) is 5.72. The van der Waals surface area contributed by atoms with Crippen molar-refractivity contribution in [3.8, 4) is 6.07 Å². The van der Waals surface area contributed by atoms with Gasteiger partial charge in [0, 0.05) is 36.5 Å². The molecular formula is C20H19ClN4O2. The summed E-state index contributed by atoms with van der Waals surface area (Å²) >= 11 is 5.80. The van der Waals surface area contributed by atoms with Gasteiger partial charge >= 0.3 is 0 Å². The van der Waals surface area contributed by atoms with E-state index in [0.29, 0.717) is 47.9 Å². The average Bonchev–Trinajstić information content (AvgIpc) is 2.69. The number of ketones is 1. The number of aromatic nitrogens is 1. The van der Waals surface area contributed by atoms with Gasteiger partial charge in [0.15, 0.2) is 5.78 Å². The van der Waals surface area contributed by atoms with Gasteiger partial charge in [-0.3, -0.25) is 9.59 Å². The number of amides is 1. The number of benzene rings is 1. The molecule has 0 atom stereocenters. The molecule has 1 aliphatic rings. The molecule has 1 N–H and O–H groups in total. The van der Waals surface area contributed by atoms with Gasteiger partial charge in [-0.15, -0.1) is 0 Å². The maximum Gasteiger partial charge on any atom is 0.228 e. The second kappa shape index (κ2) is 8.19. The van der Waals surface area contributed by atoms with E-state index < -0.39 is 0 Å². The van der Waals surface area contributed by atoms with Crippen molar-refractivity contribution in [1.82, 2.24) is 4.98 Å². The van der Waals surface area contributed by atoms with Crippen LogP contribution in [0.2, 0.25) is 5.02 Å². The SMILES string of the molecule is CC(=O)c1ccc(C#N)cc1N1CCC(C(=O)Nc2ccc(Cl)cn2)CC1. The highest BCUT2D eigenvalue weighted by Gasteiger charge is 2.27. The molecule has 0 bridgehead atoms. The van der Waals surface area contributed by atoms with E-state index in [1.165, 1.54) is 13.1 Å². The predicted molar refractivity (Wildman–Crippen MR) is 104 cm³/mol. The molecule has 3 rings (SSSR count). The Labute approximate surface area is 162 Å². The van der Waals surface area contributed by atoms with E-state index >= 15 is 0 Å². The molecule has 7 heteroatoms. The first-order valence-corrected chi connectivity index (χ1v) is 9.08. The van der Waals surface area contributed by atoms with Gasteiger partial charge in [0.2, 0.25) is 5.91 Å². The monoisotopic (exact) mass is 382 g/mol. The van der Waals surface area contributed by atoms with E-state index in [4.69, 9.17) is 16.9 Å².